The average Bonchev–Trinajstić information content (AvgIpc) is 3.48. The van der Waals surface area contributed by atoms with Crippen LogP contribution in [-0.4, -0.2) is 37.1 Å². The topological polar surface area (TPSA) is 66.8 Å². The first-order valence-electron chi connectivity index (χ1n) is 11.0. The summed E-state index contributed by atoms with van der Waals surface area (Å²) in [4.78, 5) is 18.9. The molecule has 0 aliphatic carbocycles. The van der Waals surface area contributed by atoms with Crippen LogP contribution in [0.15, 0.2) is 42.5 Å². The number of H-pyrrole nitrogens is 1. The molecular weight excluding hydrogens is 374 g/mol. The largest absolute Gasteiger partial charge is 0.351 e. The Morgan fingerprint density at radius 3 is 2.87 bits per heavy atom. The van der Waals surface area contributed by atoms with Crippen molar-refractivity contribution in [3.05, 3.63) is 59.8 Å². The lowest BCUT2D eigenvalue weighted by Gasteiger charge is -2.24. The summed E-state index contributed by atoms with van der Waals surface area (Å²) in [5, 5.41) is 12.5. The second kappa shape index (κ2) is 6.97. The monoisotopic (exact) mass is 399 g/mol. The lowest BCUT2D eigenvalue weighted by molar-refractivity contribution is 0.0722. The number of hydrogen-bond acceptors (Lipinski definition) is 3. The molecule has 1 atom stereocenters. The molecule has 152 valence electrons. The Morgan fingerprint density at radius 2 is 1.90 bits per heavy atom. The van der Waals surface area contributed by atoms with Gasteiger partial charge in [0.2, 0.25) is 0 Å². The predicted molar refractivity (Wildman–Crippen MR) is 116 cm³/mol. The summed E-state index contributed by atoms with van der Waals surface area (Å²) in [6, 6.07) is 14.5. The highest BCUT2D eigenvalue weighted by Crippen LogP contribution is 2.34. The Kier molecular flexibility index (Phi) is 4.11. The molecule has 0 bridgehead atoms. The van der Waals surface area contributed by atoms with Gasteiger partial charge in [-0.15, -0.1) is 10.2 Å². The average molecular weight is 399 g/mol. The fourth-order valence-electron chi connectivity index (χ4n) is 5.19. The van der Waals surface area contributed by atoms with Crippen LogP contribution < -0.4 is 0 Å². The molecule has 1 amide bonds. The number of carbonyl (C=O) groups is 1. The number of nitrogens with one attached hydrogen (secondary N) is 1. The van der Waals surface area contributed by atoms with Crippen molar-refractivity contribution in [2.75, 3.05) is 6.54 Å². The van der Waals surface area contributed by atoms with Crippen LogP contribution in [0.5, 0.6) is 0 Å². The van der Waals surface area contributed by atoms with E-state index in [4.69, 9.17) is 0 Å². The number of aromatic nitrogens is 4. The van der Waals surface area contributed by atoms with Crippen LogP contribution in [0.2, 0.25) is 0 Å². The normalized spacial score (nSPS) is 19.3. The lowest BCUT2D eigenvalue weighted by atomic mass is 10.1. The smallest absolute Gasteiger partial charge is 0.270 e. The zero-order chi connectivity index (χ0) is 20.1. The Morgan fingerprint density at radius 1 is 0.967 bits per heavy atom. The van der Waals surface area contributed by atoms with Gasteiger partial charge < -0.3 is 14.5 Å². The zero-order valence-corrected chi connectivity index (χ0v) is 17.0. The number of aryl methyl sites for hydroxylation is 1. The molecular formula is C24H25N5O. The fraction of sp³-hybridized carbons (Fsp3) is 0.375. The highest BCUT2D eigenvalue weighted by Gasteiger charge is 2.35. The summed E-state index contributed by atoms with van der Waals surface area (Å²) in [6.07, 6.45) is 6.51. The highest BCUT2D eigenvalue weighted by atomic mass is 16.2. The van der Waals surface area contributed by atoms with E-state index in [-0.39, 0.29) is 11.9 Å². The molecule has 2 aliphatic heterocycles. The minimum Gasteiger partial charge on any atom is -0.351 e. The molecule has 2 aliphatic rings. The molecule has 6 nitrogen and oxygen atoms in total. The van der Waals surface area contributed by atoms with Crippen LogP contribution >= 0.6 is 0 Å². The quantitative estimate of drug-likeness (QED) is 0.535. The number of fused-ring (bicyclic) bond motifs is 4. The third kappa shape index (κ3) is 2.74. The maximum absolute atomic E-state index is 13.5. The van der Waals surface area contributed by atoms with E-state index in [9.17, 15) is 4.79 Å². The molecule has 2 aromatic carbocycles. The van der Waals surface area contributed by atoms with Gasteiger partial charge in [0.15, 0.2) is 5.82 Å². The first-order chi connectivity index (χ1) is 14.8. The summed E-state index contributed by atoms with van der Waals surface area (Å²) >= 11 is 0. The highest BCUT2D eigenvalue weighted by molar-refractivity contribution is 6.09. The van der Waals surface area contributed by atoms with Crippen molar-refractivity contribution in [2.45, 2.75) is 51.1 Å². The van der Waals surface area contributed by atoms with Crippen molar-refractivity contribution in [3.63, 3.8) is 0 Å². The van der Waals surface area contributed by atoms with E-state index in [0.717, 1.165) is 61.3 Å². The number of rotatable bonds is 2. The Bertz CT molecular complexity index is 1250. The minimum absolute atomic E-state index is 0.0139. The van der Waals surface area contributed by atoms with E-state index in [1.54, 1.807) is 0 Å². The molecule has 2 aromatic heterocycles. The van der Waals surface area contributed by atoms with Gasteiger partial charge in [0.25, 0.3) is 5.91 Å². The van der Waals surface area contributed by atoms with Gasteiger partial charge in [-0.1, -0.05) is 36.8 Å². The third-order valence-electron chi connectivity index (χ3n) is 6.71. The van der Waals surface area contributed by atoms with Gasteiger partial charge in [0.1, 0.15) is 11.5 Å². The SMILES string of the molecule is O=C(c1cc2c(ccc3ccccc32)[nH]1)N1CCCC1c1nnc2n1CCCCC2. The number of benzene rings is 2. The van der Waals surface area contributed by atoms with Crippen LogP contribution in [-0.2, 0) is 13.0 Å². The van der Waals surface area contributed by atoms with Gasteiger partial charge in [-0.2, -0.15) is 0 Å². The van der Waals surface area contributed by atoms with Gasteiger partial charge in [0.05, 0.1) is 6.04 Å². The molecule has 30 heavy (non-hydrogen) atoms. The van der Waals surface area contributed by atoms with Crippen molar-refractivity contribution in [1.29, 1.82) is 0 Å². The van der Waals surface area contributed by atoms with Crippen molar-refractivity contribution in [3.8, 4) is 0 Å². The van der Waals surface area contributed by atoms with Gasteiger partial charge in [0, 0.05) is 30.4 Å². The van der Waals surface area contributed by atoms with Gasteiger partial charge >= 0.3 is 0 Å². The summed E-state index contributed by atoms with van der Waals surface area (Å²) in [6.45, 7) is 1.73. The molecule has 0 spiro atoms. The molecule has 1 saturated heterocycles. The van der Waals surface area contributed by atoms with Crippen LogP contribution in [0.25, 0.3) is 21.7 Å². The first-order valence-corrected chi connectivity index (χ1v) is 11.0. The minimum atomic E-state index is 0.0139. The van der Waals surface area contributed by atoms with Crippen LogP contribution in [0.4, 0.5) is 0 Å². The van der Waals surface area contributed by atoms with Crippen molar-refractivity contribution < 1.29 is 4.79 Å². The summed E-state index contributed by atoms with van der Waals surface area (Å²) < 4.78 is 2.28. The number of hydrogen-bond donors (Lipinski definition) is 1. The van der Waals surface area contributed by atoms with E-state index in [2.05, 4.69) is 44.0 Å². The second-order valence-electron chi connectivity index (χ2n) is 8.52. The molecule has 4 aromatic rings. The predicted octanol–water partition coefficient (Wildman–Crippen LogP) is 4.62. The first kappa shape index (κ1) is 17.7. The number of aromatic amines is 1. The Hall–Kier alpha value is -3.15. The standard InChI is InChI=1S/C24H25N5O/c30-24(20-15-18-17-8-4-3-7-16(17)11-12-19(18)25-20)28-14-6-9-21(28)23-27-26-22-10-2-1-5-13-29(22)23/h3-4,7-8,11-12,15,21,25H,1-2,5-6,9-10,13-14H2. The van der Waals surface area contributed by atoms with Crippen LogP contribution in [0.3, 0.4) is 0 Å². The zero-order valence-electron chi connectivity index (χ0n) is 17.0. The molecule has 6 heteroatoms. The molecule has 1 fully saturated rings. The molecule has 1 unspecified atom stereocenters. The maximum atomic E-state index is 13.5. The third-order valence-corrected chi connectivity index (χ3v) is 6.71. The van der Waals surface area contributed by atoms with Crippen LogP contribution in [0, 0.1) is 0 Å². The fourth-order valence-corrected chi connectivity index (χ4v) is 5.19. The van der Waals surface area contributed by atoms with Gasteiger partial charge in [-0.05, 0) is 48.6 Å². The molecule has 1 N–H and O–H groups in total. The van der Waals surface area contributed by atoms with Crippen molar-refractivity contribution >= 4 is 27.6 Å². The molecule has 6 rings (SSSR count). The van der Waals surface area contributed by atoms with Crippen LogP contribution in [0.1, 0.15) is 60.3 Å². The Labute approximate surface area is 174 Å². The lowest BCUT2D eigenvalue weighted by Crippen LogP contribution is -2.32. The molecule has 4 heterocycles. The number of nitrogens with zero attached hydrogens (tertiary/aromatic N) is 4. The summed E-state index contributed by atoms with van der Waals surface area (Å²) in [5.74, 6) is 2.11. The van der Waals surface area contributed by atoms with Gasteiger partial charge in [-0.3, -0.25) is 4.79 Å². The van der Waals surface area contributed by atoms with E-state index >= 15 is 0 Å². The molecule has 0 radical (unpaired) electrons. The summed E-state index contributed by atoms with van der Waals surface area (Å²) in [7, 11) is 0. The van der Waals surface area contributed by atoms with E-state index in [1.165, 1.54) is 23.6 Å². The Balaban J connectivity index is 1.37. The number of carbonyl (C=O) groups excluding carboxylic acids is 1. The number of amides is 1. The van der Waals surface area contributed by atoms with E-state index in [1.807, 2.05) is 23.1 Å². The second-order valence-corrected chi connectivity index (χ2v) is 8.52. The van der Waals surface area contributed by atoms with Crippen molar-refractivity contribution in [2.24, 2.45) is 0 Å². The maximum Gasteiger partial charge on any atom is 0.270 e. The molecule has 0 saturated carbocycles. The van der Waals surface area contributed by atoms with E-state index in [0.29, 0.717) is 5.69 Å². The van der Waals surface area contributed by atoms with E-state index < -0.39 is 0 Å². The summed E-state index contributed by atoms with van der Waals surface area (Å²) in [5.41, 5.74) is 1.66. The van der Waals surface area contributed by atoms with Gasteiger partial charge in [-0.25, -0.2) is 0 Å². The van der Waals surface area contributed by atoms with Crippen molar-refractivity contribution in [1.82, 2.24) is 24.6 Å². The number of likely N-dealkylation sites (tertiary alicyclic amines) is 1.